The molecule has 2 heterocycles. The average Bonchev–Trinajstić information content (AvgIpc) is 3.24. The number of carbonyl (C=O) groups is 2. The van der Waals surface area contributed by atoms with Gasteiger partial charge in [-0.3, -0.25) is 4.79 Å². The van der Waals surface area contributed by atoms with Crippen LogP contribution in [0.25, 0.3) is 11.1 Å². The van der Waals surface area contributed by atoms with E-state index in [1.54, 1.807) is 12.1 Å². The van der Waals surface area contributed by atoms with Crippen LogP contribution in [0.1, 0.15) is 53.9 Å². The highest BCUT2D eigenvalue weighted by atomic mass is 16.5. The minimum absolute atomic E-state index is 0.166. The number of carboxylic acids is 1. The Hall–Kier alpha value is -2.86. The van der Waals surface area contributed by atoms with Gasteiger partial charge in [0.05, 0.1) is 7.11 Å². The molecular formula is C26H29NO5. The van der Waals surface area contributed by atoms with Crippen molar-refractivity contribution in [2.45, 2.75) is 44.1 Å². The summed E-state index contributed by atoms with van der Waals surface area (Å²) in [5.74, 6) is 0.101. The molecule has 1 spiro atoms. The van der Waals surface area contributed by atoms with Gasteiger partial charge in [-0.05, 0) is 60.6 Å². The van der Waals surface area contributed by atoms with E-state index in [4.69, 9.17) is 9.47 Å². The molecular weight excluding hydrogens is 406 g/mol. The molecule has 3 fully saturated rings. The van der Waals surface area contributed by atoms with Crippen molar-refractivity contribution < 1.29 is 24.2 Å². The normalized spacial score (nSPS) is 23.8. The number of nitrogens with zero attached hydrogens (tertiary/aromatic N) is 1. The van der Waals surface area contributed by atoms with Gasteiger partial charge in [-0.25, -0.2) is 4.79 Å². The van der Waals surface area contributed by atoms with Crippen molar-refractivity contribution in [3.05, 3.63) is 53.6 Å². The molecule has 168 valence electrons. The fourth-order valence-electron chi connectivity index (χ4n) is 5.57. The molecule has 1 N–H and O–H groups in total. The Balaban J connectivity index is 1.26. The van der Waals surface area contributed by atoms with Gasteiger partial charge >= 0.3 is 5.97 Å². The number of hydrogen-bond acceptors (Lipinski definition) is 4. The summed E-state index contributed by atoms with van der Waals surface area (Å²) in [4.78, 5) is 26.1. The zero-order chi connectivity index (χ0) is 22.3. The lowest BCUT2D eigenvalue weighted by molar-refractivity contribution is -0.142. The van der Waals surface area contributed by atoms with Crippen molar-refractivity contribution in [1.29, 1.82) is 0 Å². The van der Waals surface area contributed by atoms with E-state index in [0.29, 0.717) is 23.7 Å². The first kappa shape index (κ1) is 21.0. The van der Waals surface area contributed by atoms with E-state index in [1.807, 2.05) is 11.0 Å². The maximum Gasteiger partial charge on any atom is 0.339 e. The number of para-hydroxylation sites is 1. The minimum atomic E-state index is -0.996. The van der Waals surface area contributed by atoms with Gasteiger partial charge in [-0.15, -0.1) is 0 Å². The number of likely N-dealkylation sites (tertiary alicyclic amines) is 1. The van der Waals surface area contributed by atoms with E-state index >= 15 is 0 Å². The average molecular weight is 436 g/mol. The molecule has 6 heteroatoms. The van der Waals surface area contributed by atoms with Crippen LogP contribution < -0.4 is 4.74 Å². The third-order valence-corrected chi connectivity index (χ3v) is 7.54. The van der Waals surface area contributed by atoms with Gasteiger partial charge in [-0.2, -0.15) is 0 Å². The van der Waals surface area contributed by atoms with E-state index in [9.17, 15) is 14.7 Å². The standard InChI is InChI=1S/C26H29NO5/c1-31-23-19(4-2-5-20(23)25(29)30)17-7-9-18(10-8-17)21-16-26(21)11-13-27(14-12-26)24(28)22-6-3-15-32-22/h2,4-5,7-10,21-22H,3,6,11-16H2,1H3,(H,29,30)/t21?,22-/m1/s1. The number of piperidine rings is 1. The summed E-state index contributed by atoms with van der Waals surface area (Å²) in [6, 6.07) is 13.6. The molecule has 2 atom stereocenters. The lowest BCUT2D eigenvalue weighted by Crippen LogP contribution is -2.44. The lowest BCUT2D eigenvalue weighted by atomic mass is 9.88. The number of rotatable bonds is 5. The molecule has 1 amide bonds. The van der Waals surface area contributed by atoms with Gasteiger partial charge in [0, 0.05) is 25.3 Å². The fourth-order valence-corrected chi connectivity index (χ4v) is 5.57. The molecule has 32 heavy (non-hydrogen) atoms. The van der Waals surface area contributed by atoms with Crippen LogP contribution in [0.2, 0.25) is 0 Å². The molecule has 0 aromatic heterocycles. The molecule has 2 aliphatic heterocycles. The topological polar surface area (TPSA) is 76.1 Å². The maximum absolute atomic E-state index is 12.6. The minimum Gasteiger partial charge on any atom is -0.495 e. The van der Waals surface area contributed by atoms with Crippen LogP contribution in [0, 0.1) is 5.41 Å². The number of benzene rings is 2. The third kappa shape index (κ3) is 3.66. The van der Waals surface area contributed by atoms with E-state index in [0.717, 1.165) is 49.9 Å². The zero-order valence-corrected chi connectivity index (χ0v) is 18.4. The number of carbonyl (C=O) groups excluding carboxylic acids is 1. The first-order chi connectivity index (χ1) is 15.5. The van der Waals surface area contributed by atoms with Gasteiger partial charge in [0.2, 0.25) is 0 Å². The Bertz CT molecular complexity index is 1020. The predicted molar refractivity (Wildman–Crippen MR) is 120 cm³/mol. The zero-order valence-electron chi connectivity index (χ0n) is 18.4. The van der Waals surface area contributed by atoms with Crippen molar-refractivity contribution in [3.8, 4) is 16.9 Å². The second-order valence-electron chi connectivity index (χ2n) is 9.26. The smallest absolute Gasteiger partial charge is 0.339 e. The summed E-state index contributed by atoms with van der Waals surface area (Å²) >= 11 is 0. The molecule has 0 bridgehead atoms. The van der Waals surface area contributed by atoms with E-state index < -0.39 is 5.97 Å². The second kappa shape index (κ2) is 8.24. The molecule has 0 radical (unpaired) electrons. The Labute approximate surface area is 188 Å². The maximum atomic E-state index is 12.6. The Kier molecular flexibility index (Phi) is 5.41. The molecule has 2 aromatic carbocycles. The van der Waals surface area contributed by atoms with Crippen molar-refractivity contribution in [2.24, 2.45) is 5.41 Å². The van der Waals surface area contributed by atoms with E-state index in [2.05, 4.69) is 24.3 Å². The number of methoxy groups -OCH3 is 1. The summed E-state index contributed by atoms with van der Waals surface area (Å²) in [6.45, 7) is 2.36. The van der Waals surface area contributed by atoms with Crippen LogP contribution >= 0.6 is 0 Å². The SMILES string of the molecule is COc1c(C(=O)O)cccc1-c1ccc(C2CC23CCN(C(=O)[C@H]2CCCO2)CC3)cc1. The fraction of sp³-hybridized carbons (Fsp3) is 0.462. The summed E-state index contributed by atoms with van der Waals surface area (Å²) in [5.41, 5.74) is 3.53. The number of hydrogen-bond donors (Lipinski definition) is 1. The summed E-state index contributed by atoms with van der Waals surface area (Å²) in [7, 11) is 1.50. The highest BCUT2D eigenvalue weighted by Crippen LogP contribution is 2.65. The van der Waals surface area contributed by atoms with Crippen molar-refractivity contribution in [3.63, 3.8) is 0 Å². The van der Waals surface area contributed by atoms with Crippen LogP contribution in [0.3, 0.4) is 0 Å². The quantitative estimate of drug-likeness (QED) is 0.756. The monoisotopic (exact) mass is 435 g/mol. The highest BCUT2D eigenvalue weighted by molar-refractivity contribution is 5.94. The first-order valence-electron chi connectivity index (χ1n) is 11.4. The van der Waals surface area contributed by atoms with Gasteiger partial charge < -0.3 is 19.5 Å². The largest absolute Gasteiger partial charge is 0.495 e. The van der Waals surface area contributed by atoms with Crippen LogP contribution in [0.15, 0.2) is 42.5 Å². The van der Waals surface area contributed by atoms with Gasteiger partial charge in [0.1, 0.15) is 17.4 Å². The second-order valence-corrected chi connectivity index (χ2v) is 9.26. The first-order valence-corrected chi connectivity index (χ1v) is 11.4. The molecule has 1 aliphatic carbocycles. The van der Waals surface area contributed by atoms with Crippen LogP contribution in [-0.2, 0) is 9.53 Å². The van der Waals surface area contributed by atoms with Crippen LogP contribution in [0.4, 0.5) is 0 Å². The molecule has 2 aromatic rings. The molecule has 2 saturated heterocycles. The number of amides is 1. The summed E-state index contributed by atoms with van der Waals surface area (Å²) in [6.07, 6.45) is 4.89. The molecule has 5 rings (SSSR count). The third-order valence-electron chi connectivity index (χ3n) is 7.54. The molecule has 6 nitrogen and oxygen atoms in total. The number of ether oxygens (including phenoxy) is 2. The van der Waals surface area contributed by atoms with Gasteiger partial charge in [-0.1, -0.05) is 36.4 Å². The van der Waals surface area contributed by atoms with Crippen molar-refractivity contribution >= 4 is 11.9 Å². The Morgan fingerprint density at radius 2 is 1.88 bits per heavy atom. The van der Waals surface area contributed by atoms with Crippen LogP contribution in [0.5, 0.6) is 5.75 Å². The summed E-state index contributed by atoms with van der Waals surface area (Å²) < 4.78 is 11.0. The molecule has 3 aliphatic rings. The lowest BCUT2D eigenvalue weighted by Gasteiger charge is -2.34. The van der Waals surface area contributed by atoms with Crippen molar-refractivity contribution in [1.82, 2.24) is 4.90 Å². The van der Waals surface area contributed by atoms with Crippen LogP contribution in [-0.4, -0.2) is 54.8 Å². The van der Waals surface area contributed by atoms with Gasteiger partial charge in [0.25, 0.3) is 5.91 Å². The highest BCUT2D eigenvalue weighted by Gasteiger charge is 2.55. The van der Waals surface area contributed by atoms with Gasteiger partial charge in [0.15, 0.2) is 0 Å². The Morgan fingerprint density at radius 1 is 1.12 bits per heavy atom. The summed E-state index contributed by atoms with van der Waals surface area (Å²) in [5, 5.41) is 9.44. The molecule has 1 saturated carbocycles. The predicted octanol–water partition coefficient (Wildman–Crippen LogP) is 4.34. The van der Waals surface area contributed by atoms with Crippen molar-refractivity contribution in [2.75, 3.05) is 26.8 Å². The number of aromatic carboxylic acids is 1. The van der Waals surface area contributed by atoms with E-state index in [1.165, 1.54) is 19.1 Å². The number of carboxylic acid groups (broad SMARTS) is 1. The van der Waals surface area contributed by atoms with E-state index in [-0.39, 0.29) is 17.6 Å². The Morgan fingerprint density at radius 3 is 2.50 bits per heavy atom. The molecule has 1 unspecified atom stereocenters.